The van der Waals surface area contributed by atoms with Gasteiger partial charge in [0.05, 0.1) is 0 Å². The summed E-state index contributed by atoms with van der Waals surface area (Å²) in [6, 6.07) is 0. The maximum atomic E-state index is 11.1. The molecule has 0 saturated carbocycles. The van der Waals surface area contributed by atoms with Crippen LogP contribution < -0.4 is 0 Å². The summed E-state index contributed by atoms with van der Waals surface area (Å²) >= 11 is 0. The normalized spacial score (nSPS) is 33.1. The number of ether oxygens (including phenoxy) is 4. The molecule has 0 bridgehead atoms. The SMILES string of the molecule is CC(=O)O[C@H]1[C@H](C)[C@@H](COC=O)OC(O)[C@@H]1OC(C)=O. The lowest BCUT2D eigenvalue weighted by Crippen LogP contribution is -2.57. The molecule has 0 spiro atoms. The summed E-state index contributed by atoms with van der Waals surface area (Å²) in [7, 11) is 0. The Morgan fingerprint density at radius 1 is 1.20 bits per heavy atom. The predicted octanol–water partition coefficient (Wildman–Crippen LogP) is -0.624. The lowest BCUT2D eigenvalue weighted by molar-refractivity contribution is -0.279. The fourth-order valence-corrected chi connectivity index (χ4v) is 2.06. The van der Waals surface area contributed by atoms with Crippen LogP contribution in [0.3, 0.4) is 0 Å². The second-order valence-corrected chi connectivity index (χ2v) is 4.50. The number of carbonyl (C=O) groups is 3. The van der Waals surface area contributed by atoms with Crippen LogP contribution in [0.15, 0.2) is 0 Å². The molecular weight excluding hydrogens is 272 g/mol. The highest BCUT2D eigenvalue weighted by molar-refractivity contribution is 5.67. The maximum Gasteiger partial charge on any atom is 0.303 e. The van der Waals surface area contributed by atoms with Gasteiger partial charge < -0.3 is 24.1 Å². The number of carbonyl (C=O) groups excluding carboxylic acids is 3. The first-order chi connectivity index (χ1) is 9.36. The highest BCUT2D eigenvalue weighted by atomic mass is 16.7. The van der Waals surface area contributed by atoms with Crippen molar-refractivity contribution in [2.75, 3.05) is 6.61 Å². The minimum absolute atomic E-state index is 0.105. The van der Waals surface area contributed by atoms with Gasteiger partial charge in [0.15, 0.2) is 12.4 Å². The molecule has 5 atom stereocenters. The summed E-state index contributed by atoms with van der Waals surface area (Å²) in [5.41, 5.74) is 0. The second kappa shape index (κ2) is 7.20. The molecule has 0 radical (unpaired) electrons. The van der Waals surface area contributed by atoms with Crippen LogP contribution in [0.1, 0.15) is 20.8 Å². The van der Waals surface area contributed by atoms with Gasteiger partial charge in [-0.05, 0) is 0 Å². The van der Waals surface area contributed by atoms with E-state index in [0.717, 1.165) is 0 Å². The Hall–Kier alpha value is -1.67. The first-order valence-electron chi connectivity index (χ1n) is 6.10. The van der Waals surface area contributed by atoms with E-state index in [0.29, 0.717) is 0 Å². The Kier molecular flexibility index (Phi) is 5.90. The number of rotatable bonds is 5. The van der Waals surface area contributed by atoms with E-state index >= 15 is 0 Å². The molecule has 1 aliphatic rings. The fourth-order valence-electron chi connectivity index (χ4n) is 2.06. The third-order valence-corrected chi connectivity index (χ3v) is 2.96. The van der Waals surface area contributed by atoms with E-state index in [1.807, 2.05) is 0 Å². The van der Waals surface area contributed by atoms with Crippen molar-refractivity contribution in [2.24, 2.45) is 5.92 Å². The van der Waals surface area contributed by atoms with Gasteiger partial charge in [-0.15, -0.1) is 0 Å². The van der Waals surface area contributed by atoms with E-state index in [1.165, 1.54) is 13.8 Å². The Bertz CT molecular complexity index is 368. The third-order valence-electron chi connectivity index (χ3n) is 2.96. The average Bonchev–Trinajstić information content (AvgIpc) is 2.35. The first kappa shape index (κ1) is 16.4. The van der Waals surface area contributed by atoms with Crippen molar-refractivity contribution in [3.63, 3.8) is 0 Å². The van der Waals surface area contributed by atoms with E-state index in [2.05, 4.69) is 4.74 Å². The molecule has 1 rings (SSSR count). The van der Waals surface area contributed by atoms with Crippen molar-refractivity contribution >= 4 is 18.4 Å². The van der Waals surface area contributed by atoms with Crippen LogP contribution >= 0.6 is 0 Å². The van der Waals surface area contributed by atoms with Gasteiger partial charge in [0.25, 0.3) is 6.47 Å². The molecule has 1 unspecified atom stereocenters. The second-order valence-electron chi connectivity index (χ2n) is 4.50. The van der Waals surface area contributed by atoms with Gasteiger partial charge in [0.1, 0.15) is 18.8 Å². The van der Waals surface area contributed by atoms with Crippen LogP contribution in [0.2, 0.25) is 0 Å². The Balaban J connectivity index is 2.87. The average molecular weight is 290 g/mol. The Morgan fingerprint density at radius 2 is 1.75 bits per heavy atom. The number of esters is 2. The lowest BCUT2D eigenvalue weighted by Gasteiger charge is -2.42. The standard InChI is InChI=1S/C12H18O8/c1-6-9(4-17-5-13)20-12(16)11(19-8(3)15)10(6)18-7(2)14/h5-6,9-12,16H,4H2,1-3H3/t6-,9-,10+,11-,12?/m1/s1. The molecule has 0 amide bonds. The fraction of sp³-hybridized carbons (Fsp3) is 0.750. The van der Waals surface area contributed by atoms with Gasteiger partial charge in [0, 0.05) is 19.8 Å². The van der Waals surface area contributed by atoms with Crippen LogP contribution in [0.25, 0.3) is 0 Å². The summed E-state index contributed by atoms with van der Waals surface area (Å²) in [5.74, 6) is -1.65. The molecule has 0 aliphatic carbocycles. The molecule has 1 fully saturated rings. The molecule has 0 aromatic heterocycles. The van der Waals surface area contributed by atoms with E-state index in [4.69, 9.17) is 14.2 Å². The zero-order valence-electron chi connectivity index (χ0n) is 11.5. The van der Waals surface area contributed by atoms with Gasteiger partial charge in [0.2, 0.25) is 0 Å². The Labute approximate surface area is 115 Å². The van der Waals surface area contributed by atoms with Gasteiger partial charge in [-0.1, -0.05) is 6.92 Å². The summed E-state index contributed by atoms with van der Waals surface area (Å²) in [6.07, 6.45) is -4.16. The van der Waals surface area contributed by atoms with Crippen molar-refractivity contribution in [2.45, 2.75) is 45.4 Å². The maximum absolute atomic E-state index is 11.1. The highest BCUT2D eigenvalue weighted by Gasteiger charge is 2.47. The minimum Gasteiger partial charge on any atom is -0.465 e. The third kappa shape index (κ3) is 4.17. The van der Waals surface area contributed by atoms with E-state index < -0.39 is 42.5 Å². The molecule has 8 nitrogen and oxygen atoms in total. The predicted molar refractivity (Wildman–Crippen MR) is 63.2 cm³/mol. The Morgan fingerprint density at radius 3 is 2.25 bits per heavy atom. The number of aliphatic hydroxyl groups is 1. The quantitative estimate of drug-likeness (QED) is 0.405. The topological polar surface area (TPSA) is 108 Å². The molecule has 1 heterocycles. The lowest BCUT2D eigenvalue weighted by atomic mass is 9.90. The largest absolute Gasteiger partial charge is 0.465 e. The summed E-state index contributed by atoms with van der Waals surface area (Å²) < 4.78 is 19.9. The van der Waals surface area contributed by atoms with Crippen LogP contribution in [-0.4, -0.2) is 54.7 Å². The van der Waals surface area contributed by atoms with E-state index in [9.17, 15) is 19.5 Å². The van der Waals surface area contributed by atoms with Gasteiger partial charge in [-0.25, -0.2) is 0 Å². The molecule has 1 saturated heterocycles. The summed E-state index contributed by atoms with van der Waals surface area (Å²) in [6.45, 7) is 4.20. The highest BCUT2D eigenvalue weighted by Crippen LogP contribution is 2.29. The molecule has 1 aliphatic heterocycles. The number of hydrogen-bond donors (Lipinski definition) is 1. The van der Waals surface area contributed by atoms with Gasteiger partial charge in [-0.2, -0.15) is 0 Å². The molecule has 1 N–H and O–H groups in total. The van der Waals surface area contributed by atoms with Crippen molar-refractivity contribution in [3.05, 3.63) is 0 Å². The first-order valence-corrected chi connectivity index (χ1v) is 6.10. The van der Waals surface area contributed by atoms with Crippen molar-refractivity contribution in [1.29, 1.82) is 0 Å². The van der Waals surface area contributed by atoms with Gasteiger partial charge >= 0.3 is 11.9 Å². The zero-order chi connectivity index (χ0) is 15.3. The van der Waals surface area contributed by atoms with Crippen LogP contribution in [0.5, 0.6) is 0 Å². The van der Waals surface area contributed by atoms with Crippen molar-refractivity contribution in [3.8, 4) is 0 Å². The van der Waals surface area contributed by atoms with Crippen molar-refractivity contribution < 1.29 is 38.4 Å². The van der Waals surface area contributed by atoms with E-state index in [1.54, 1.807) is 6.92 Å². The minimum atomic E-state index is -1.47. The van der Waals surface area contributed by atoms with Crippen LogP contribution in [0, 0.1) is 5.92 Å². The van der Waals surface area contributed by atoms with Crippen molar-refractivity contribution in [1.82, 2.24) is 0 Å². The number of hydrogen-bond acceptors (Lipinski definition) is 8. The molecule has 0 aromatic carbocycles. The summed E-state index contributed by atoms with van der Waals surface area (Å²) in [5, 5.41) is 9.85. The molecular formula is C12H18O8. The zero-order valence-corrected chi connectivity index (χ0v) is 11.5. The molecule has 8 heteroatoms. The number of aliphatic hydroxyl groups excluding tert-OH is 1. The van der Waals surface area contributed by atoms with Crippen LogP contribution in [-0.2, 0) is 33.3 Å². The van der Waals surface area contributed by atoms with E-state index in [-0.39, 0.29) is 13.1 Å². The molecule has 20 heavy (non-hydrogen) atoms. The summed E-state index contributed by atoms with van der Waals surface area (Å²) in [4.78, 5) is 32.4. The molecule has 0 aromatic rings. The van der Waals surface area contributed by atoms with Gasteiger partial charge in [-0.3, -0.25) is 14.4 Å². The monoisotopic (exact) mass is 290 g/mol. The van der Waals surface area contributed by atoms with Crippen LogP contribution in [0.4, 0.5) is 0 Å². The smallest absolute Gasteiger partial charge is 0.303 e. The molecule has 114 valence electrons.